The summed E-state index contributed by atoms with van der Waals surface area (Å²) in [4.78, 5) is 21.9. The van der Waals surface area contributed by atoms with Crippen LogP contribution >= 0.6 is 0 Å². The predicted octanol–water partition coefficient (Wildman–Crippen LogP) is 2.70. The number of hydrogen-bond acceptors (Lipinski definition) is 6. The molecule has 2 aromatic rings. The highest BCUT2D eigenvalue weighted by molar-refractivity contribution is 5.43. The van der Waals surface area contributed by atoms with Crippen LogP contribution in [0.2, 0.25) is 0 Å². The summed E-state index contributed by atoms with van der Waals surface area (Å²) in [5.41, 5.74) is 1.74. The number of likely N-dealkylation sites (tertiary alicyclic amines) is 1. The molecule has 1 atom stereocenters. The van der Waals surface area contributed by atoms with Crippen LogP contribution in [0.3, 0.4) is 0 Å². The number of piperidine rings is 1. The summed E-state index contributed by atoms with van der Waals surface area (Å²) in [7, 11) is 3.26. The molecule has 152 valence electrons. The van der Waals surface area contributed by atoms with E-state index in [1.54, 1.807) is 14.2 Å². The highest BCUT2D eigenvalue weighted by Crippen LogP contribution is 2.30. The minimum atomic E-state index is -0.120. The summed E-state index contributed by atoms with van der Waals surface area (Å²) < 4.78 is 16.2. The number of nitrogens with zero attached hydrogens (tertiary/aromatic N) is 2. The van der Waals surface area contributed by atoms with Gasteiger partial charge in [0.15, 0.2) is 11.5 Å². The standard InChI is InChI=1S/C21H29N3O4/c1-4-28-19-10-15(7-8-18(19)27-3)12-24-9-5-6-16(13-24)21-22-17(14-26-2)11-20(25)23-21/h7-8,10-11,16H,4-6,9,12-14H2,1-3H3,(H,22,23,25)/t16-/m1/s1. The quantitative estimate of drug-likeness (QED) is 0.751. The van der Waals surface area contributed by atoms with Gasteiger partial charge in [-0.3, -0.25) is 9.69 Å². The molecule has 0 spiro atoms. The Hall–Kier alpha value is -2.38. The number of aromatic nitrogens is 2. The first-order chi connectivity index (χ1) is 13.6. The Morgan fingerprint density at radius 1 is 1.25 bits per heavy atom. The van der Waals surface area contributed by atoms with Crippen molar-refractivity contribution in [2.75, 3.05) is 33.9 Å². The number of rotatable bonds is 8. The molecule has 1 N–H and O–H groups in total. The van der Waals surface area contributed by atoms with E-state index in [1.807, 2.05) is 19.1 Å². The summed E-state index contributed by atoms with van der Waals surface area (Å²) in [5, 5.41) is 0. The zero-order valence-electron chi connectivity index (χ0n) is 16.9. The minimum absolute atomic E-state index is 0.120. The Balaban J connectivity index is 1.72. The highest BCUT2D eigenvalue weighted by Gasteiger charge is 2.24. The van der Waals surface area contributed by atoms with E-state index in [1.165, 1.54) is 11.6 Å². The average molecular weight is 387 g/mol. The van der Waals surface area contributed by atoms with E-state index >= 15 is 0 Å². The van der Waals surface area contributed by atoms with Gasteiger partial charge in [0.1, 0.15) is 5.82 Å². The molecule has 7 heteroatoms. The lowest BCUT2D eigenvalue weighted by Gasteiger charge is -2.32. The normalized spacial score (nSPS) is 17.5. The number of methoxy groups -OCH3 is 2. The SMILES string of the molecule is CCOc1cc(CN2CCC[C@@H](c3nc(COC)cc(=O)[nH]3)C2)ccc1OC. The van der Waals surface area contributed by atoms with E-state index in [-0.39, 0.29) is 11.5 Å². The number of hydrogen-bond donors (Lipinski definition) is 1. The van der Waals surface area contributed by atoms with E-state index in [0.29, 0.717) is 18.9 Å². The lowest BCUT2D eigenvalue weighted by molar-refractivity contribution is 0.178. The lowest BCUT2D eigenvalue weighted by Crippen LogP contribution is -2.35. The van der Waals surface area contributed by atoms with Crippen LogP contribution in [-0.2, 0) is 17.9 Å². The van der Waals surface area contributed by atoms with E-state index in [4.69, 9.17) is 14.2 Å². The third-order valence-electron chi connectivity index (χ3n) is 4.93. The predicted molar refractivity (Wildman–Crippen MR) is 107 cm³/mol. The molecule has 1 aliphatic heterocycles. The topological polar surface area (TPSA) is 76.7 Å². The van der Waals surface area contributed by atoms with Crippen molar-refractivity contribution in [2.45, 2.75) is 38.8 Å². The van der Waals surface area contributed by atoms with Crippen molar-refractivity contribution in [3.05, 3.63) is 51.7 Å². The number of aromatic amines is 1. The molecule has 3 rings (SSSR count). The van der Waals surface area contributed by atoms with Gasteiger partial charge in [-0.15, -0.1) is 0 Å². The molecular formula is C21H29N3O4. The molecule has 1 saturated heterocycles. The van der Waals surface area contributed by atoms with Crippen molar-refractivity contribution in [1.29, 1.82) is 0 Å². The first-order valence-corrected chi connectivity index (χ1v) is 9.74. The largest absolute Gasteiger partial charge is 0.493 e. The van der Waals surface area contributed by atoms with Crippen LogP contribution in [0.4, 0.5) is 0 Å². The van der Waals surface area contributed by atoms with Crippen molar-refractivity contribution < 1.29 is 14.2 Å². The van der Waals surface area contributed by atoms with E-state index in [0.717, 1.165) is 49.8 Å². The summed E-state index contributed by atoms with van der Waals surface area (Å²) in [6, 6.07) is 7.57. The van der Waals surface area contributed by atoms with Gasteiger partial charge in [-0.05, 0) is 44.0 Å². The van der Waals surface area contributed by atoms with Crippen LogP contribution in [0.1, 0.15) is 42.8 Å². The van der Waals surface area contributed by atoms with Crippen LogP contribution < -0.4 is 15.0 Å². The molecule has 2 heterocycles. The zero-order chi connectivity index (χ0) is 19.9. The molecule has 1 aromatic carbocycles. The van der Waals surface area contributed by atoms with Gasteiger partial charge >= 0.3 is 0 Å². The minimum Gasteiger partial charge on any atom is -0.493 e. The van der Waals surface area contributed by atoms with Crippen LogP contribution in [0.25, 0.3) is 0 Å². The van der Waals surface area contributed by atoms with E-state index in [9.17, 15) is 4.79 Å². The molecule has 1 fully saturated rings. The molecule has 0 saturated carbocycles. The first-order valence-electron chi connectivity index (χ1n) is 9.74. The van der Waals surface area contributed by atoms with Crippen molar-refractivity contribution in [2.24, 2.45) is 0 Å². The van der Waals surface area contributed by atoms with Crippen molar-refractivity contribution in [1.82, 2.24) is 14.9 Å². The molecule has 0 bridgehead atoms. The fourth-order valence-corrected chi connectivity index (χ4v) is 3.71. The molecule has 0 radical (unpaired) electrons. The van der Waals surface area contributed by atoms with Gasteiger partial charge in [-0.1, -0.05) is 6.07 Å². The Bertz CT molecular complexity index is 837. The molecule has 28 heavy (non-hydrogen) atoms. The number of benzene rings is 1. The van der Waals surface area contributed by atoms with Crippen LogP contribution in [-0.4, -0.2) is 48.8 Å². The third kappa shape index (κ3) is 5.11. The van der Waals surface area contributed by atoms with Crippen LogP contribution in [0, 0.1) is 0 Å². The second-order valence-electron chi connectivity index (χ2n) is 7.05. The second-order valence-corrected chi connectivity index (χ2v) is 7.05. The lowest BCUT2D eigenvalue weighted by atomic mass is 9.96. The highest BCUT2D eigenvalue weighted by atomic mass is 16.5. The Labute approximate surface area is 165 Å². The molecule has 0 amide bonds. The molecular weight excluding hydrogens is 358 g/mol. The first kappa shape index (κ1) is 20.4. The maximum Gasteiger partial charge on any atom is 0.251 e. The van der Waals surface area contributed by atoms with Gasteiger partial charge in [-0.2, -0.15) is 0 Å². The van der Waals surface area contributed by atoms with Crippen LogP contribution in [0.15, 0.2) is 29.1 Å². The number of ether oxygens (including phenoxy) is 3. The number of H-pyrrole nitrogens is 1. The second kappa shape index (κ2) is 9.71. The Morgan fingerprint density at radius 3 is 2.86 bits per heavy atom. The molecule has 7 nitrogen and oxygen atoms in total. The monoisotopic (exact) mass is 387 g/mol. The fraction of sp³-hybridized carbons (Fsp3) is 0.524. The molecule has 1 aromatic heterocycles. The van der Waals surface area contributed by atoms with Crippen molar-refractivity contribution in [3.8, 4) is 11.5 Å². The van der Waals surface area contributed by atoms with E-state index < -0.39 is 0 Å². The molecule has 1 aliphatic rings. The van der Waals surface area contributed by atoms with Gasteiger partial charge in [0, 0.05) is 32.2 Å². The van der Waals surface area contributed by atoms with Crippen LogP contribution in [0.5, 0.6) is 11.5 Å². The average Bonchev–Trinajstić information content (AvgIpc) is 2.69. The summed E-state index contributed by atoms with van der Waals surface area (Å²) in [5.74, 6) is 2.49. The Morgan fingerprint density at radius 2 is 2.11 bits per heavy atom. The Kier molecular flexibility index (Phi) is 7.06. The molecule has 0 aliphatic carbocycles. The van der Waals surface area contributed by atoms with Gasteiger partial charge in [0.25, 0.3) is 5.56 Å². The maximum absolute atomic E-state index is 12.0. The van der Waals surface area contributed by atoms with Gasteiger partial charge in [-0.25, -0.2) is 4.98 Å². The number of nitrogens with one attached hydrogen (secondary N) is 1. The van der Waals surface area contributed by atoms with Gasteiger partial charge in [0.2, 0.25) is 0 Å². The summed E-state index contributed by atoms with van der Waals surface area (Å²) >= 11 is 0. The van der Waals surface area contributed by atoms with Crippen molar-refractivity contribution >= 4 is 0 Å². The fourth-order valence-electron chi connectivity index (χ4n) is 3.71. The van der Waals surface area contributed by atoms with E-state index in [2.05, 4.69) is 20.9 Å². The summed E-state index contributed by atoms with van der Waals surface area (Å²) in [6.07, 6.45) is 2.08. The summed E-state index contributed by atoms with van der Waals surface area (Å²) in [6.45, 7) is 5.61. The van der Waals surface area contributed by atoms with Crippen molar-refractivity contribution in [3.63, 3.8) is 0 Å². The zero-order valence-corrected chi connectivity index (χ0v) is 16.9. The maximum atomic E-state index is 12.0. The smallest absolute Gasteiger partial charge is 0.251 e. The van der Waals surface area contributed by atoms with Gasteiger partial charge < -0.3 is 19.2 Å². The van der Waals surface area contributed by atoms with Gasteiger partial charge in [0.05, 0.1) is 26.0 Å². The molecule has 0 unspecified atom stereocenters. The third-order valence-corrected chi connectivity index (χ3v) is 4.93.